The van der Waals surface area contributed by atoms with Gasteiger partial charge in [-0.1, -0.05) is 0 Å². The minimum Gasteiger partial charge on any atom is -0.303 e. The first-order valence-corrected chi connectivity index (χ1v) is 7.07. The molecule has 0 aliphatic heterocycles. The highest BCUT2D eigenvalue weighted by Gasteiger charge is 2.30. The summed E-state index contributed by atoms with van der Waals surface area (Å²) < 4.78 is 12.8. The van der Waals surface area contributed by atoms with E-state index in [9.17, 15) is 9.18 Å². The van der Waals surface area contributed by atoms with E-state index >= 15 is 0 Å². The summed E-state index contributed by atoms with van der Waals surface area (Å²) in [5, 5.41) is 0. The fourth-order valence-corrected chi connectivity index (χ4v) is 2.41. The summed E-state index contributed by atoms with van der Waals surface area (Å²) in [5.74, 6) is 0.666. The molecule has 2 nitrogen and oxygen atoms in total. The van der Waals surface area contributed by atoms with Crippen LogP contribution in [0.1, 0.15) is 43.0 Å². The number of rotatable bonds is 7. The molecule has 0 aromatic heterocycles. The first-order chi connectivity index (χ1) is 9.08. The van der Waals surface area contributed by atoms with E-state index in [0.29, 0.717) is 18.0 Å². The summed E-state index contributed by atoms with van der Waals surface area (Å²) in [6.45, 7) is 3.21. The van der Waals surface area contributed by atoms with Crippen molar-refractivity contribution in [1.82, 2.24) is 4.90 Å². The number of nitrogens with zero attached hydrogens (tertiary/aromatic N) is 1. The Bertz CT molecular complexity index is 425. The van der Waals surface area contributed by atoms with Crippen LogP contribution in [0.2, 0.25) is 0 Å². The third-order valence-electron chi connectivity index (χ3n) is 4.08. The van der Waals surface area contributed by atoms with Crippen LogP contribution in [-0.4, -0.2) is 30.3 Å². The molecule has 19 heavy (non-hydrogen) atoms. The van der Waals surface area contributed by atoms with Crippen molar-refractivity contribution in [1.29, 1.82) is 0 Å². The Hall–Kier alpha value is -1.22. The van der Waals surface area contributed by atoms with Gasteiger partial charge in [-0.25, -0.2) is 4.39 Å². The number of benzene rings is 1. The molecule has 0 saturated heterocycles. The third kappa shape index (κ3) is 4.13. The zero-order valence-corrected chi connectivity index (χ0v) is 11.7. The van der Waals surface area contributed by atoms with E-state index in [1.807, 2.05) is 0 Å². The summed E-state index contributed by atoms with van der Waals surface area (Å²) in [6, 6.07) is 6.44. The zero-order valence-electron chi connectivity index (χ0n) is 11.7. The van der Waals surface area contributed by atoms with E-state index in [2.05, 4.69) is 18.9 Å². The van der Waals surface area contributed by atoms with Gasteiger partial charge in [0.15, 0.2) is 5.78 Å². The number of hydrogen-bond acceptors (Lipinski definition) is 2. The first-order valence-electron chi connectivity index (χ1n) is 7.07. The number of Topliss-reactive ketones (excluding diaryl/α,β-unsaturated/α-hetero) is 1. The third-order valence-corrected chi connectivity index (χ3v) is 4.08. The van der Waals surface area contributed by atoms with Gasteiger partial charge in [-0.15, -0.1) is 0 Å². The molecule has 1 unspecified atom stereocenters. The minimum absolute atomic E-state index is 0.104. The second-order valence-corrected chi connectivity index (χ2v) is 5.59. The molecule has 0 N–H and O–H groups in total. The lowest BCUT2D eigenvalue weighted by atomic mass is 10.1. The molecule has 0 heterocycles. The molecule has 1 fully saturated rings. The normalized spacial score (nSPS) is 16.6. The molecule has 0 amide bonds. The van der Waals surface area contributed by atoms with Crippen molar-refractivity contribution in [3.8, 4) is 0 Å². The minimum atomic E-state index is -0.297. The Morgan fingerprint density at radius 3 is 2.58 bits per heavy atom. The van der Waals surface area contributed by atoms with Gasteiger partial charge < -0.3 is 4.90 Å². The van der Waals surface area contributed by atoms with Crippen molar-refractivity contribution in [3.63, 3.8) is 0 Å². The topological polar surface area (TPSA) is 20.3 Å². The molecule has 1 aliphatic carbocycles. The van der Waals surface area contributed by atoms with Crippen LogP contribution < -0.4 is 0 Å². The monoisotopic (exact) mass is 263 g/mol. The SMILES string of the molecule is CC(C1CC1)N(C)CCCC(=O)c1ccc(F)cc1. The van der Waals surface area contributed by atoms with E-state index in [-0.39, 0.29) is 11.6 Å². The van der Waals surface area contributed by atoms with Crippen LogP contribution in [0.5, 0.6) is 0 Å². The molecule has 1 aromatic carbocycles. The van der Waals surface area contributed by atoms with Crippen LogP contribution in [0.15, 0.2) is 24.3 Å². The molecule has 0 bridgehead atoms. The molecule has 1 saturated carbocycles. The highest BCUT2D eigenvalue weighted by Crippen LogP contribution is 2.34. The van der Waals surface area contributed by atoms with Gasteiger partial charge in [0.1, 0.15) is 5.82 Å². The van der Waals surface area contributed by atoms with Gasteiger partial charge in [0.2, 0.25) is 0 Å². The smallest absolute Gasteiger partial charge is 0.162 e. The predicted molar refractivity (Wildman–Crippen MR) is 74.8 cm³/mol. The van der Waals surface area contributed by atoms with Crippen LogP contribution >= 0.6 is 0 Å². The largest absolute Gasteiger partial charge is 0.303 e. The highest BCUT2D eigenvalue weighted by molar-refractivity contribution is 5.95. The second kappa shape index (κ2) is 6.29. The molecule has 0 spiro atoms. The zero-order chi connectivity index (χ0) is 13.8. The Morgan fingerprint density at radius 1 is 1.37 bits per heavy atom. The lowest BCUT2D eigenvalue weighted by Crippen LogP contribution is -2.31. The number of ketones is 1. The van der Waals surface area contributed by atoms with Crippen LogP contribution in [0.3, 0.4) is 0 Å². The van der Waals surface area contributed by atoms with Crippen LogP contribution in [0, 0.1) is 11.7 Å². The molecule has 2 rings (SSSR count). The van der Waals surface area contributed by atoms with E-state index in [1.54, 1.807) is 12.1 Å². The van der Waals surface area contributed by atoms with Crippen LogP contribution in [-0.2, 0) is 0 Å². The van der Waals surface area contributed by atoms with Crippen LogP contribution in [0.25, 0.3) is 0 Å². The fraction of sp³-hybridized carbons (Fsp3) is 0.562. The summed E-state index contributed by atoms with van der Waals surface area (Å²) >= 11 is 0. The first kappa shape index (κ1) is 14.2. The van der Waals surface area contributed by atoms with Gasteiger partial charge in [-0.3, -0.25) is 4.79 Å². The summed E-state index contributed by atoms with van der Waals surface area (Å²) in [4.78, 5) is 14.3. The Labute approximate surface area is 114 Å². The van der Waals surface area contributed by atoms with Crippen LogP contribution in [0.4, 0.5) is 4.39 Å². The van der Waals surface area contributed by atoms with Gasteiger partial charge in [0.05, 0.1) is 0 Å². The molecule has 1 aromatic rings. The Balaban J connectivity index is 1.72. The maximum Gasteiger partial charge on any atom is 0.162 e. The lowest BCUT2D eigenvalue weighted by Gasteiger charge is -2.24. The average Bonchev–Trinajstić information content (AvgIpc) is 3.22. The van der Waals surface area contributed by atoms with Crippen molar-refractivity contribution in [2.24, 2.45) is 5.92 Å². The van der Waals surface area contributed by atoms with Gasteiger partial charge in [0, 0.05) is 18.0 Å². The standard InChI is InChI=1S/C16H22FNO/c1-12(13-5-6-13)18(2)11-3-4-16(19)14-7-9-15(17)10-8-14/h7-10,12-13H,3-6,11H2,1-2H3. The molecular weight excluding hydrogens is 241 g/mol. The Morgan fingerprint density at radius 2 is 2.00 bits per heavy atom. The van der Waals surface area contributed by atoms with E-state index in [1.165, 1.54) is 25.0 Å². The van der Waals surface area contributed by atoms with Crippen molar-refractivity contribution < 1.29 is 9.18 Å². The molecule has 1 aliphatic rings. The second-order valence-electron chi connectivity index (χ2n) is 5.59. The quantitative estimate of drug-likeness (QED) is 0.702. The highest BCUT2D eigenvalue weighted by atomic mass is 19.1. The summed E-state index contributed by atoms with van der Waals surface area (Å²) in [7, 11) is 2.13. The lowest BCUT2D eigenvalue weighted by molar-refractivity contribution is 0.0973. The maximum atomic E-state index is 12.8. The number of carbonyl (C=O) groups is 1. The van der Waals surface area contributed by atoms with E-state index in [0.717, 1.165) is 18.9 Å². The number of halogens is 1. The summed E-state index contributed by atoms with van der Waals surface area (Å²) in [5.41, 5.74) is 0.610. The predicted octanol–water partition coefficient (Wildman–Crippen LogP) is 3.52. The maximum absolute atomic E-state index is 12.8. The van der Waals surface area contributed by atoms with E-state index < -0.39 is 0 Å². The molecule has 0 radical (unpaired) electrons. The van der Waals surface area contributed by atoms with Gasteiger partial charge in [0.25, 0.3) is 0 Å². The fourth-order valence-electron chi connectivity index (χ4n) is 2.41. The van der Waals surface area contributed by atoms with Gasteiger partial charge >= 0.3 is 0 Å². The number of hydrogen-bond donors (Lipinski definition) is 0. The van der Waals surface area contributed by atoms with Gasteiger partial charge in [-0.2, -0.15) is 0 Å². The van der Waals surface area contributed by atoms with Crippen molar-refractivity contribution in [2.75, 3.05) is 13.6 Å². The van der Waals surface area contributed by atoms with Gasteiger partial charge in [-0.05, 0) is 70.0 Å². The summed E-state index contributed by atoms with van der Waals surface area (Å²) in [6.07, 6.45) is 4.09. The van der Waals surface area contributed by atoms with E-state index in [4.69, 9.17) is 0 Å². The average molecular weight is 263 g/mol. The van der Waals surface area contributed by atoms with Crippen molar-refractivity contribution >= 4 is 5.78 Å². The van der Waals surface area contributed by atoms with Crippen molar-refractivity contribution in [2.45, 2.75) is 38.6 Å². The molecule has 3 heteroatoms. The Kier molecular flexibility index (Phi) is 4.70. The molecule has 104 valence electrons. The molecular formula is C16H22FNO. The number of carbonyl (C=O) groups excluding carboxylic acids is 1. The van der Waals surface area contributed by atoms with Crippen molar-refractivity contribution in [3.05, 3.63) is 35.6 Å². The molecule has 1 atom stereocenters.